The van der Waals surface area contributed by atoms with Crippen molar-refractivity contribution < 1.29 is 5.11 Å². The Kier molecular flexibility index (Phi) is 3.88. The topological polar surface area (TPSA) is 46.2 Å². The molecule has 0 saturated heterocycles. The lowest BCUT2D eigenvalue weighted by molar-refractivity contribution is 0.264. The van der Waals surface area contributed by atoms with Crippen molar-refractivity contribution in [2.75, 3.05) is 13.2 Å². The van der Waals surface area contributed by atoms with E-state index < -0.39 is 0 Å². The molecule has 0 radical (unpaired) electrons. The third kappa shape index (κ3) is 4.67. The Morgan fingerprint density at radius 3 is 1.91 bits per heavy atom. The fourth-order valence-corrected chi connectivity index (χ4v) is 2.47. The molecule has 0 aromatic heterocycles. The number of aliphatic hydroxyl groups excluding tert-OH is 1. The Morgan fingerprint density at radius 1 is 1.18 bits per heavy atom. The van der Waals surface area contributed by atoms with Gasteiger partial charge in [-0.2, -0.15) is 0 Å². The molecular weight excluding hydrogens is 158 g/mol. The van der Waals surface area contributed by atoms with Crippen molar-refractivity contribution in [1.82, 2.24) is 0 Å². The number of rotatable bonds is 4. The Labute approximate surface area is 73.6 Å². The predicted molar refractivity (Wildman–Crippen MR) is 51.9 cm³/mol. The third-order valence-electron chi connectivity index (χ3n) is 1.42. The minimum atomic E-state index is -0.0805. The van der Waals surface area contributed by atoms with E-state index in [-0.39, 0.29) is 16.1 Å². The van der Waals surface area contributed by atoms with E-state index in [1.54, 1.807) is 11.8 Å². The number of thioether (sulfide) groups is 1. The van der Waals surface area contributed by atoms with Crippen LogP contribution in [0.5, 0.6) is 0 Å². The molecule has 0 saturated carbocycles. The second kappa shape index (κ2) is 3.78. The highest BCUT2D eigenvalue weighted by atomic mass is 32.2. The molecule has 2 nitrogen and oxygen atoms in total. The van der Waals surface area contributed by atoms with Gasteiger partial charge >= 0.3 is 0 Å². The minimum Gasteiger partial charge on any atom is -0.395 e. The molecule has 11 heavy (non-hydrogen) atoms. The van der Waals surface area contributed by atoms with Crippen molar-refractivity contribution in [3.8, 4) is 0 Å². The SMILES string of the molecule is CC(C)(CN)SC(C)(C)CO. The summed E-state index contributed by atoms with van der Waals surface area (Å²) >= 11 is 1.73. The summed E-state index contributed by atoms with van der Waals surface area (Å²) in [7, 11) is 0. The normalized spacial score (nSPS) is 13.6. The van der Waals surface area contributed by atoms with Crippen molar-refractivity contribution in [1.29, 1.82) is 0 Å². The van der Waals surface area contributed by atoms with Crippen molar-refractivity contribution in [3.05, 3.63) is 0 Å². The first-order valence-electron chi connectivity index (χ1n) is 3.84. The maximum Gasteiger partial charge on any atom is 0.0573 e. The lowest BCUT2D eigenvalue weighted by atomic mass is 10.2. The van der Waals surface area contributed by atoms with Crippen LogP contribution in [0.1, 0.15) is 27.7 Å². The second-order valence-electron chi connectivity index (χ2n) is 3.98. The molecule has 0 heterocycles. The van der Waals surface area contributed by atoms with Gasteiger partial charge in [-0.05, 0) is 27.7 Å². The predicted octanol–water partition coefficient (Wildman–Crippen LogP) is 1.23. The summed E-state index contributed by atoms with van der Waals surface area (Å²) in [5.41, 5.74) is 5.57. The molecule has 0 bridgehead atoms. The molecule has 0 aliphatic rings. The standard InChI is InChI=1S/C8H19NOS/c1-7(2,5-9)11-8(3,4)6-10/h10H,5-6,9H2,1-4H3. The summed E-state index contributed by atoms with van der Waals surface area (Å²) in [4.78, 5) is 0. The molecule has 0 atom stereocenters. The fourth-order valence-electron chi connectivity index (χ4n) is 0.822. The monoisotopic (exact) mass is 177 g/mol. The molecule has 0 aromatic rings. The molecule has 68 valence electrons. The first-order chi connectivity index (χ1) is 4.83. The van der Waals surface area contributed by atoms with Gasteiger partial charge in [-0.1, -0.05) is 0 Å². The first kappa shape index (κ1) is 11.3. The van der Waals surface area contributed by atoms with E-state index in [4.69, 9.17) is 10.8 Å². The van der Waals surface area contributed by atoms with Gasteiger partial charge in [0.15, 0.2) is 0 Å². The zero-order chi connectivity index (χ0) is 9.12. The van der Waals surface area contributed by atoms with Crippen LogP contribution < -0.4 is 5.73 Å². The summed E-state index contributed by atoms with van der Waals surface area (Å²) in [6.07, 6.45) is 0. The maximum absolute atomic E-state index is 8.99. The van der Waals surface area contributed by atoms with Crippen molar-refractivity contribution in [2.24, 2.45) is 5.73 Å². The van der Waals surface area contributed by atoms with Gasteiger partial charge < -0.3 is 10.8 Å². The van der Waals surface area contributed by atoms with Gasteiger partial charge in [0.2, 0.25) is 0 Å². The quantitative estimate of drug-likeness (QED) is 0.679. The highest BCUT2D eigenvalue weighted by Gasteiger charge is 2.27. The Morgan fingerprint density at radius 2 is 1.64 bits per heavy atom. The van der Waals surface area contributed by atoms with Crippen LogP contribution in [0.2, 0.25) is 0 Å². The Hall–Kier alpha value is 0.270. The second-order valence-corrected chi connectivity index (χ2v) is 6.40. The molecule has 3 heteroatoms. The fraction of sp³-hybridized carbons (Fsp3) is 1.00. The zero-order valence-electron chi connectivity index (χ0n) is 7.85. The van der Waals surface area contributed by atoms with E-state index in [1.165, 1.54) is 0 Å². The molecule has 0 aromatic carbocycles. The Bertz CT molecular complexity index is 109. The van der Waals surface area contributed by atoms with Gasteiger partial charge in [0.05, 0.1) is 6.61 Å². The highest BCUT2D eigenvalue weighted by Crippen LogP contribution is 2.35. The largest absolute Gasteiger partial charge is 0.395 e. The van der Waals surface area contributed by atoms with Gasteiger partial charge in [0.1, 0.15) is 0 Å². The van der Waals surface area contributed by atoms with Gasteiger partial charge in [0, 0.05) is 16.0 Å². The molecule has 0 amide bonds. The smallest absolute Gasteiger partial charge is 0.0573 e. The minimum absolute atomic E-state index is 0.0617. The number of aliphatic hydroxyl groups is 1. The van der Waals surface area contributed by atoms with E-state index in [0.29, 0.717) is 6.54 Å². The Balaban J connectivity index is 4.02. The van der Waals surface area contributed by atoms with Crippen molar-refractivity contribution in [2.45, 2.75) is 37.2 Å². The summed E-state index contributed by atoms with van der Waals surface area (Å²) in [6, 6.07) is 0. The van der Waals surface area contributed by atoms with E-state index in [1.807, 2.05) is 13.8 Å². The summed E-state index contributed by atoms with van der Waals surface area (Å²) in [5, 5.41) is 8.99. The highest BCUT2D eigenvalue weighted by molar-refractivity contribution is 8.02. The van der Waals surface area contributed by atoms with Crippen molar-refractivity contribution >= 4 is 11.8 Å². The molecule has 0 fully saturated rings. The van der Waals surface area contributed by atoms with Crippen LogP contribution in [0, 0.1) is 0 Å². The molecular formula is C8H19NOS. The van der Waals surface area contributed by atoms with E-state index >= 15 is 0 Å². The lowest BCUT2D eigenvalue weighted by Gasteiger charge is -2.32. The van der Waals surface area contributed by atoms with Crippen LogP contribution in [0.15, 0.2) is 0 Å². The summed E-state index contributed by atoms with van der Waals surface area (Å²) < 4.78 is -0.0187. The average molecular weight is 177 g/mol. The van der Waals surface area contributed by atoms with Gasteiger partial charge in [-0.3, -0.25) is 0 Å². The maximum atomic E-state index is 8.99. The number of hydrogen-bond acceptors (Lipinski definition) is 3. The van der Waals surface area contributed by atoms with Crippen LogP contribution in [0.25, 0.3) is 0 Å². The van der Waals surface area contributed by atoms with Gasteiger partial charge in [0.25, 0.3) is 0 Å². The summed E-state index contributed by atoms with van der Waals surface area (Å²) in [6.45, 7) is 9.07. The van der Waals surface area contributed by atoms with E-state index in [2.05, 4.69) is 13.8 Å². The van der Waals surface area contributed by atoms with E-state index in [0.717, 1.165) is 0 Å². The molecule has 0 spiro atoms. The lowest BCUT2D eigenvalue weighted by Crippen LogP contribution is -2.34. The molecule has 0 aliphatic carbocycles. The van der Waals surface area contributed by atoms with Crippen LogP contribution in [-0.2, 0) is 0 Å². The van der Waals surface area contributed by atoms with Crippen LogP contribution >= 0.6 is 11.8 Å². The molecule has 0 unspecified atom stereocenters. The zero-order valence-corrected chi connectivity index (χ0v) is 8.66. The van der Waals surface area contributed by atoms with Gasteiger partial charge in [-0.25, -0.2) is 0 Å². The number of hydrogen-bond donors (Lipinski definition) is 2. The molecule has 0 aliphatic heterocycles. The van der Waals surface area contributed by atoms with Crippen LogP contribution in [0.4, 0.5) is 0 Å². The van der Waals surface area contributed by atoms with Gasteiger partial charge in [-0.15, -0.1) is 11.8 Å². The number of nitrogens with two attached hydrogens (primary N) is 1. The summed E-state index contributed by atoms with van der Waals surface area (Å²) in [5.74, 6) is 0. The third-order valence-corrected chi connectivity index (χ3v) is 2.83. The first-order valence-corrected chi connectivity index (χ1v) is 4.66. The molecule has 0 rings (SSSR count). The van der Waals surface area contributed by atoms with Crippen molar-refractivity contribution in [3.63, 3.8) is 0 Å². The van der Waals surface area contributed by atoms with Crippen LogP contribution in [-0.4, -0.2) is 27.8 Å². The molecule has 3 N–H and O–H groups in total. The average Bonchev–Trinajstić information content (AvgIpc) is 1.86. The van der Waals surface area contributed by atoms with E-state index in [9.17, 15) is 0 Å². The van der Waals surface area contributed by atoms with Crippen LogP contribution in [0.3, 0.4) is 0 Å².